The number of likely N-dealkylation sites (tertiary alicyclic amines) is 1. The highest BCUT2D eigenvalue weighted by Crippen LogP contribution is 2.29. The van der Waals surface area contributed by atoms with Crippen molar-refractivity contribution in [1.29, 1.82) is 0 Å². The molecule has 2 fully saturated rings. The summed E-state index contributed by atoms with van der Waals surface area (Å²) in [4.78, 5) is 14.3. The summed E-state index contributed by atoms with van der Waals surface area (Å²) in [7, 11) is 0. The minimum absolute atomic E-state index is 0.0687. The molecule has 0 radical (unpaired) electrons. The standard InChI is InChI=1S/C16H22N2O2/c19-11-13-3-1-12(2-4-13)10-18-15-7-8-17-9-14(15)5-6-16(18)20/h1-4,14-15,17,19H,5-11H2. The zero-order valence-electron chi connectivity index (χ0n) is 11.7. The summed E-state index contributed by atoms with van der Waals surface area (Å²) in [5.41, 5.74) is 2.06. The Balaban J connectivity index is 1.74. The molecule has 2 aliphatic heterocycles. The van der Waals surface area contributed by atoms with Crippen LogP contribution in [0.1, 0.15) is 30.4 Å². The lowest BCUT2D eigenvalue weighted by Gasteiger charge is -2.44. The van der Waals surface area contributed by atoms with E-state index >= 15 is 0 Å². The Kier molecular flexibility index (Phi) is 4.03. The van der Waals surface area contributed by atoms with Gasteiger partial charge >= 0.3 is 0 Å². The second-order valence-corrected chi connectivity index (χ2v) is 5.86. The van der Waals surface area contributed by atoms with Crippen molar-refractivity contribution in [3.05, 3.63) is 35.4 Å². The lowest BCUT2D eigenvalue weighted by molar-refractivity contribution is -0.140. The van der Waals surface area contributed by atoms with Crippen LogP contribution in [0.2, 0.25) is 0 Å². The van der Waals surface area contributed by atoms with Gasteiger partial charge in [-0.1, -0.05) is 24.3 Å². The molecule has 2 N–H and O–H groups in total. The van der Waals surface area contributed by atoms with Crippen molar-refractivity contribution in [2.45, 2.75) is 38.5 Å². The third-order valence-corrected chi connectivity index (χ3v) is 4.58. The van der Waals surface area contributed by atoms with Crippen molar-refractivity contribution in [3.8, 4) is 0 Å². The SMILES string of the molecule is O=C1CCC2CNCCC2N1Cc1ccc(CO)cc1. The van der Waals surface area contributed by atoms with Crippen LogP contribution in [0.15, 0.2) is 24.3 Å². The molecule has 1 amide bonds. The van der Waals surface area contributed by atoms with Crippen molar-refractivity contribution in [2.75, 3.05) is 13.1 Å². The molecule has 108 valence electrons. The lowest BCUT2D eigenvalue weighted by atomic mass is 9.84. The van der Waals surface area contributed by atoms with Gasteiger partial charge in [0.25, 0.3) is 0 Å². The maximum atomic E-state index is 12.2. The van der Waals surface area contributed by atoms with Gasteiger partial charge in [-0.2, -0.15) is 0 Å². The normalized spacial score (nSPS) is 26.4. The first-order chi connectivity index (χ1) is 9.78. The van der Waals surface area contributed by atoms with E-state index in [2.05, 4.69) is 10.2 Å². The molecule has 0 aliphatic carbocycles. The molecule has 0 spiro atoms. The lowest BCUT2D eigenvalue weighted by Crippen LogP contribution is -2.54. The zero-order chi connectivity index (χ0) is 13.9. The number of rotatable bonds is 3. The van der Waals surface area contributed by atoms with Crippen LogP contribution in [-0.2, 0) is 17.9 Å². The number of hydrogen-bond acceptors (Lipinski definition) is 3. The fourth-order valence-electron chi connectivity index (χ4n) is 3.40. The molecule has 2 atom stereocenters. The van der Waals surface area contributed by atoms with Gasteiger partial charge in [0.15, 0.2) is 0 Å². The molecule has 2 unspecified atom stereocenters. The Morgan fingerprint density at radius 3 is 2.70 bits per heavy atom. The van der Waals surface area contributed by atoms with Gasteiger partial charge in [0.2, 0.25) is 5.91 Å². The first-order valence-corrected chi connectivity index (χ1v) is 7.47. The number of aliphatic hydroxyl groups excluding tert-OH is 1. The molecule has 2 saturated heterocycles. The van der Waals surface area contributed by atoms with Crippen LogP contribution in [0.25, 0.3) is 0 Å². The third-order valence-electron chi connectivity index (χ3n) is 4.58. The van der Waals surface area contributed by atoms with E-state index in [4.69, 9.17) is 5.11 Å². The number of benzene rings is 1. The predicted octanol–water partition coefficient (Wildman–Crippen LogP) is 1.28. The van der Waals surface area contributed by atoms with Gasteiger partial charge in [0, 0.05) is 19.0 Å². The number of carbonyl (C=O) groups is 1. The van der Waals surface area contributed by atoms with Gasteiger partial charge in [-0.25, -0.2) is 0 Å². The van der Waals surface area contributed by atoms with Crippen LogP contribution in [0.5, 0.6) is 0 Å². The average Bonchev–Trinajstić information content (AvgIpc) is 2.51. The number of aliphatic hydroxyl groups is 1. The van der Waals surface area contributed by atoms with E-state index < -0.39 is 0 Å². The maximum Gasteiger partial charge on any atom is 0.223 e. The van der Waals surface area contributed by atoms with Crippen molar-refractivity contribution >= 4 is 5.91 Å². The van der Waals surface area contributed by atoms with Crippen LogP contribution in [0.3, 0.4) is 0 Å². The van der Waals surface area contributed by atoms with Crippen LogP contribution < -0.4 is 5.32 Å². The second-order valence-electron chi connectivity index (χ2n) is 5.86. The molecular formula is C16H22N2O2. The van der Waals surface area contributed by atoms with Gasteiger partial charge in [-0.05, 0) is 43.0 Å². The van der Waals surface area contributed by atoms with Gasteiger partial charge in [-0.15, -0.1) is 0 Å². The summed E-state index contributed by atoms with van der Waals surface area (Å²) in [6.07, 6.45) is 2.76. The Hall–Kier alpha value is -1.39. The maximum absolute atomic E-state index is 12.2. The predicted molar refractivity (Wildman–Crippen MR) is 76.9 cm³/mol. The first-order valence-electron chi connectivity index (χ1n) is 7.47. The minimum atomic E-state index is 0.0687. The number of nitrogens with one attached hydrogen (secondary N) is 1. The smallest absolute Gasteiger partial charge is 0.223 e. The molecule has 2 aliphatic rings. The molecule has 0 saturated carbocycles. The number of carbonyl (C=O) groups excluding carboxylic acids is 1. The Morgan fingerprint density at radius 2 is 1.95 bits per heavy atom. The summed E-state index contributed by atoms with van der Waals surface area (Å²) in [6.45, 7) is 2.82. The molecule has 2 heterocycles. The molecule has 3 rings (SSSR count). The van der Waals surface area contributed by atoms with E-state index in [-0.39, 0.29) is 6.61 Å². The van der Waals surface area contributed by atoms with Crippen LogP contribution >= 0.6 is 0 Å². The van der Waals surface area contributed by atoms with E-state index in [1.165, 1.54) is 0 Å². The molecule has 4 nitrogen and oxygen atoms in total. The Morgan fingerprint density at radius 1 is 1.20 bits per heavy atom. The zero-order valence-corrected chi connectivity index (χ0v) is 11.7. The monoisotopic (exact) mass is 274 g/mol. The fourth-order valence-corrected chi connectivity index (χ4v) is 3.40. The second kappa shape index (κ2) is 5.94. The van der Waals surface area contributed by atoms with E-state index in [1.54, 1.807) is 0 Å². The Bertz CT molecular complexity index is 472. The van der Waals surface area contributed by atoms with Crippen molar-refractivity contribution in [3.63, 3.8) is 0 Å². The topological polar surface area (TPSA) is 52.6 Å². The highest BCUT2D eigenvalue weighted by Gasteiger charge is 2.36. The van der Waals surface area contributed by atoms with Crippen LogP contribution in [0, 0.1) is 5.92 Å². The van der Waals surface area contributed by atoms with E-state index in [0.29, 0.717) is 30.8 Å². The Labute approximate surface area is 119 Å². The molecule has 0 bridgehead atoms. The molecule has 4 heteroatoms. The molecule has 1 aromatic rings. The molecule has 1 aromatic carbocycles. The fraction of sp³-hybridized carbons (Fsp3) is 0.562. The average molecular weight is 274 g/mol. The third kappa shape index (κ3) is 2.72. The van der Waals surface area contributed by atoms with Crippen LogP contribution in [0.4, 0.5) is 0 Å². The van der Waals surface area contributed by atoms with E-state index in [9.17, 15) is 4.79 Å². The highest BCUT2D eigenvalue weighted by molar-refractivity contribution is 5.77. The van der Waals surface area contributed by atoms with Gasteiger partial charge in [-0.3, -0.25) is 4.79 Å². The first kappa shape index (κ1) is 13.6. The van der Waals surface area contributed by atoms with Gasteiger partial charge in [0.05, 0.1) is 6.61 Å². The highest BCUT2D eigenvalue weighted by atomic mass is 16.3. The summed E-state index contributed by atoms with van der Waals surface area (Å²) in [5.74, 6) is 0.901. The van der Waals surface area contributed by atoms with Crippen LogP contribution in [-0.4, -0.2) is 35.0 Å². The summed E-state index contributed by atoms with van der Waals surface area (Å²) in [6, 6.07) is 8.30. The van der Waals surface area contributed by atoms with Crippen molar-refractivity contribution in [1.82, 2.24) is 10.2 Å². The minimum Gasteiger partial charge on any atom is -0.392 e. The van der Waals surface area contributed by atoms with Gasteiger partial charge < -0.3 is 15.3 Å². The quantitative estimate of drug-likeness (QED) is 0.873. The number of nitrogens with zero attached hydrogens (tertiary/aromatic N) is 1. The number of fused-ring (bicyclic) bond motifs is 1. The molecule has 20 heavy (non-hydrogen) atoms. The molecular weight excluding hydrogens is 252 g/mol. The molecule has 0 aromatic heterocycles. The van der Waals surface area contributed by atoms with Gasteiger partial charge in [0.1, 0.15) is 0 Å². The number of hydrogen-bond donors (Lipinski definition) is 2. The summed E-state index contributed by atoms with van der Waals surface area (Å²) < 4.78 is 0. The largest absolute Gasteiger partial charge is 0.392 e. The summed E-state index contributed by atoms with van der Waals surface area (Å²) >= 11 is 0. The van der Waals surface area contributed by atoms with Crippen molar-refractivity contribution < 1.29 is 9.90 Å². The van der Waals surface area contributed by atoms with E-state index in [1.807, 2.05) is 24.3 Å². The van der Waals surface area contributed by atoms with Crippen molar-refractivity contribution in [2.24, 2.45) is 5.92 Å². The number of piperidine rings is 2. The number of amides is 1. The summed E-state index contributed by atoms with van der Waals surface area (Å²) in [5, 5.41) is 12.5. The van der Waals surface area contributed by atoms with E-state index in [0.717, 1.165) is 37.1 Å².